The van der Waals surface area contributed by atoms with Crippen molar-refractivity contribution in [2.75, 3.05) is 19.6 Å². The molecule has 5 heteroatoms. The molecule has 2 aliphatic heterocycles. The highest BCUT2D eigenvalue weighted by Gasteiger charge is 2.35. The molecule has 0 aromatic heterocycles. The topological polar surface area (TPSA) is 52.7 Å². The highest BCUT2D eigenvalue weighted by atomic mass is 16.2. The van der Waals surface area contributed by atoms with Crippen LogP contribution in [0.3, 0.4) is 0 Å². The lowest BCUT2D eigenvalue weighted by atomic mass is 9.93. The Morgan fingerprint density at radius 3 is 2.33 bits per heavy atom. The van der Waals surface area contributed by atoms with Gasteiger partial charge in [0.25, 0.3) is 0 Å². The number of nitrogens with zero attached hydrogens (tertiary/aromatic N) is 2. The third-order valence-electron chi connectivity index (χ3n) is 7.26. The van der Waals surface area contributed by atoms with Gasteiger partial charge in [-0.15, -0.1) is 0 Å². The summed E-state index contributed by atoms with van der Waals surface area (Å²) in [5.41, 5.74) is 1.35. The van der Waals surface area contributed by atoms with E-state index < -0.39 is 0 Å². The maximum Gasteiger partial charge on any atom is 0.225 e. The summed E-state index contributed by atoms with van der Waals surface area (Å²) in [5, 5.41) is 3.32. The van der Waals surface area contributed by atoms with Gasteiger partial charge in [-0.25, -0.2) is 0 Å². The summed E-state index contributed by atoms with van der Waals surface area (Å²) in [4.78, 5) is 30.1. The quantitative estimate of drug-likeness (QED) is 0.751. The van der Waals surface area contributed by atoms with Crippen molar-refractivity contribution in [1.29, 1.82) is 0 Å². The van der Waals surface area contributed by atoms with E-state index in [1.54, 1.807) is 0 Å². The monoisotopic (exact) mass is 411 g/mol. The zero-order chi connectivity index (χ0) is 20.8. The molecule has 0 bridgehead atoms. The average Bonchev–Trinajstić information content (AvgIpc) is 3.06. The molecule has 3 aliphatic rings. The summed E-state index contributed by atoms with van der Waals surface area (Å²) in [7, 11) is 0. The van der Waals surface area contributed by atoms with Crippen LogP contribution in [0.25, 0.3) is 0 Å². The van der Waals surface area contributed by atoms with Crippen LogP contribution in [0.1, 0.15) is 69.8 Å². The maximum atomic E-state index is 13.0. The van der Waals surface area contributed by atoms with Crippen molar-refractivity contribution in [2.45, 2.75) is 82.8 Å². The predicted octanol–water partition coefficient (Wildman–Crippen LogP) is 3.73. The van der Waals surface area contributed by atoms with Crippen molar-refractivity contribution in [3.8, 4) is 0 Å². The zero-order valence-electron chi connectivity index (χ0n) is 18.2. The number of hydrogen-bond donors (Lipinski definition) is 1. The Labute approximate surface area is 181 Å². The molecule has 1 aliphatic carbocycles. The molecule has 0 spiro atoms. The number of piperidine rings is 2. The highest BCUT2D eigenvalue weighted by Crippen LogP contribution is 2.27. The molecule has 30 heavy (non-hydrogen) atoms. The second-order valence-electron chi connectivity index (χ2n) is 9.47. The molecule has 2 heterocycles. The molecule has 1 N–H and O–H groups in total. The number of benzene rings is 1. The van der Waals surface area contributed by atoms with Gasteiger partial charge >= 0.3 is 0 Å². The third-order valence-corrected chi connectivity index (χ3v) is 7.26. The SMILES string of the molecule is O=C(NC1CCN(Cc2ccccc2)CC1)[C@H]1CCC(=O)N(C2CCCCCC2)C1. The van der Waals surface area contributed by atoms with Crippen molar-refractivity contribution >= 4 is 11.8 Å². The van der Waals surface area contributed by atoms with E-state index in [2.05, 4.69) is 45.4 Å². The van der Waals surface area contributed by atoms with Crippen molar-refractivity contribution in [1.82, 2.24) is 15.1 Å². The molecule has 1 atom stereocenters. The molecule has 164 valence electrons. The molecular weight excluding hydrogens is 374 g/mol. The summed E-state index contributed by atoms with van der Waals surface area (Å²) in [5.74, 6) is 0.399. The van der Waals surface area contributed by atoms with Gasteiger partial charge in [0.05, 0.1) is 5.92 Å². The van der Waals surface area contributed by atoms with E-state index >= 15 is 0 Å². The van der Waals surface area contributed by atoms with Crippen LogP contribution in [0.2, 0.25) is 0 Å². The van der Waals surface area contributed by atoms with E-state index in [1.807, 2.05) is 0 Å². The molecule has 4 rings (SSSR count). The standard InChI is InChI=1S/C25H37N3O2/c29-24-13-12-21(19-28(24)23-10-6-1-2-7-11-23)25(30)26-22-14-16-27(17-15-22)18-20-8-4-3-5-9-20/h3-5,8-9,21-23H,1-2,6-7,10-19H2,(H,26,30)/t21-/m0/s1. The van der Waals surface area contributed by atoms with Crippen molar-refractivity contribution in [3.05, 3.63) is 35.9 Å². The maximum absolute atomic E-state index is 13.0. The van der Waals surface area contributed by atoms with Gasteiger partial charge in [-0.2, -0.15) is 0 Å². The second-order valence-corrected chi connectivity index (χ2v) is 9.47. The molecule has 2 amide bonds. The van der Waals surface area contributed by atoms with Crippen molar-refractivity contribution < 1.29 is 9.59 Å². The van der Waals surface area contributed by atoms with E-state index in [0.717, 1.165) is 45.3 Å². The molecule has 3 fully saturated rings. The van der Waals surface area contributed by atoms with Gasteiger partial charge in [-0.1, -0.05) is 56.0 Å². The number of carbonyl (C=O) groups excluding carboxylic acids is 2. The van der Waals surface area contributed by atoms with Gasteiger partial charge in [-0.05, 0) is 37.7 Å². The van der Waals surface area contributed by atoms with Crippen LogP contribution >= 0.6 is 0 Å². The Hall–Kier alpha value is -1.88. The molecular formula is C25H37N3O2. The van der Waals surface area contributed by atoms with E-state index in [4.69, 9.17) is 0 Å². The number of nitrogens with one attached hydrogen (secondary N) is 1. The smallest absolute Gasteiger partial charge is 0.225 e. The lowest BCUT2D eigenvalue weighted by Gasteiger charge is -2.38. The minimum atomic E-state index is -0.0340. The number of rotatable bonds is 5. The molecule has 2 saturated heterocycles. The summed E-state index contributed by atoms with van der Waals surface area (Å²) in [6, 6.07) is 11.2. The van der Waals surface area contributed by atoms with Gasteiger partial charge in [-0.3, -0.25) is 14.5 Å². The number of carbonyl (C=O) groups is 2. The van der Waals surface area contributed by atoms with Gasteiger partial charge in [0, 0.05) is 44.7 Å². The van der Waals surface area contributed by atoms with Gasteiger partial charge < -0.3 is 10.2 Å². The van der Waals surface area contributed by atoms with Crippen LogP contribution in [-0.2, 0) is 16.1 Å². The van der Waals surface area contributed by atoms with E-state index in [1.165, 1.54) is 31.2 Å². The van der Waals surface area contributed by atoms with E-state index in [0.29, 0.717) is 25.4 Å². The summed E-state index contributed by atoms with van der Waals surface area (Å²) in [6.45, 7) is 3.67. The Bertz CT molecular complexity index is 692. The van der Waals surface area contributed by atoms with Crippen molar-refractivity contribution in [3.63, 3.8) is 0 Å². The summed E-state index contributed by atoms with van der Waals surface area (Å²) >= 11 is 0. The highest BCUT2D eigenvalue weighted by molar-refractivity contribution is 5.84. The van der Waals surface area contributed by atoms with Crippen molar-refractivity contribution in [2.24, 2.45) is 5.92 Å². The van der Waals surface area contributed by atoms with Gasteiger partial charge in [0.2, 0.25) is 11.8 Å². The van der Waals surface area contributed by atoms with Crippen LogP contribution in [0.5, 0.6) is 0 Å². The Balaban J connectivity index is 1.24. The molecule has 1 aromatic carbocycles. The summed E-state index contributed by atoms with van der Waals surface area (Å²) < 4.78 is 0. The lowest BCUT2D eigenvalue weighted by Crippen LogP contribution is -2.52. The average molecular weight is 412 g/mol. The van der Waals surface area contributed by atoms with E-state index in [9.17, 15) is 9.59 Å². The second kappa shape index (κ2) is 10.4. The fourth-order valence-corrected chi connectivity index (χ4v) is 5.40. The zero-order valence-corrected chi connectivity index (χ0v) is 18.2. The Kier molecular flexibility index (Phi) is 7.42. The fraction of sp³-hybridized carbons (Fsp3) is 0.680. The lowest BCUT2D eigenvalue weighted by molar-refractivity contribution is -0.141. The molecule has 1 saturated carbocycles. The summed E-state index contributed by atoms with van der Waals surface area (Å²) in [6.07, 6.45) is 10.5. The van der Waals surface area contributed by atoms with Gasteiger partial charge in [0.1, 0.15) is 0 Å². The fourth-order valence-electron chi connectivity index (χ4n) is 5.40. The Morgan fingerprint density at radius 1 is 0.933 bits per heavy atom. The first-order valence-electron chi connectivity index (χ1n) is 12.0. The first kappa shape index (κ1) is 21.4. The third kappa shape index (κ3) is 5.63. The van der Waals surface area contributed by atoms with Crippen LogP contribution < -0.4 is 5.32 Å². The minimum Gasteiger partial charge on any atom is -0.353 e. The van der Waals surface area contributed by atoms with Crippen LogP contribution in [-0.4, -0.2) is 53.3 Å². The normalized spacial score (nSPS) is 25.1. The first-order chi connectivity index (χ1) is 14.7. The Morgan fingerprint density at radius 2 is 1.63 bits per heavy atom. The van der Waals surface area contributed by atoms with E-state index in [-0.39, 0.29) is 23.8 Å². The molecule has 0 unspecified atom stereocenters. The minimum absolute atomic E-state index is 0.0340. The first-order valence-corrected chi connectivity index (χ1v) is 12.0. The van der Waals surface area contributed by atoms with Gasteiger partial charge in [0.15, 0.2) is 0 Å². The molecule has 1 aromatic rings. The number of hydrogen-bond acceptors (Lipinski definition) is 3. The largest absolute Gasteiger partial charge is 0.353 e. The number of amides is 2. The predicted molar refractivity (Wildman–Crippen MR) is 119 cm³/mol. The van der Waals surface area contributed by atoms with Crippen LogP contribution in [0.15, 0.2) is 30.3 Å². The molecule has 0 radical (unpaired) electrons. The van der Waals surface area contributed by atoms with Crippen LogP contribution in [0.4, 0.5) is 0 Å². The van der Waals surface area contributed by atoms with Crippen LogP contribution in [0, 0.1) is 5.92 Å². The molecule has 5 nitrogen and oxygen atoms in total. The number of likely N-dealkylation sites (tertiary alicyclic amines) is 2.